The molecule has 0 saturated heterocycles. The number of hydrogen-bond acceptors (Lipinski definition) is 6. The Morgan fingerprint density at radius 3 is 2.84 bits per heavy atom. The van der Waals surface area contributed by atoms with Gasteiger partial charge in [0.2, 0.25) is 5.90 Å². The van der Waals surface area contributed by atoms with Crippen molar-refractivity contribution < 1.29 is 19.1 Å². The van der Waals surface area contributed by atoms with E-state index in [-0.39, 0.29) is 12.5 Å². The molecule has 0 radical (unpaired) electrons. The molecule has 0 spiro atoms. The molecular weight excluding hydrogens is 316 g/mol. The second kappa shape index (κ2) is 7.75. The molecule has 1 aromatic carbocycles. The van der Waals surface area contributed by atoms with Gasteiger partial charge in [0.1, 0.15) is 5.75 Å². The Labute approximate surface area is 119 Å². The van der Waals surface area contributed by atoms with Crippen LogP contribution in [0.3, 0.4) is 0 Å². The maximum atomic E-state index is 11.2. The van der Waals surface area contributed by atoms with E-state index in [4.69, 9.17) is 19.7 Å². The molecule has 0 bridgehead atoms. The van der Waals surface area contributed by atoms with Crippen LogP contribution in [-0.4, -0.2) is 32.1 Å². The number of esters is 1. The number of rotatable bonds is 6. The van der Waals surface area contributed by atoms with E-state index >= 15 is 0 Å². The first-order valence-corrected chi connectivity index (χ1v) is 6.38. The Kier molecular flexibility index (Phi) is 6.31. The second-order valence-corrected chi connectivity index (χ2v) is 4.29. The maximum absolute atomic E-state index is 11.2. The van der Waals surface area contributed by atoms with Gasteiger partial charge >= 0.3 is 5.97 Å². The SMILES string of the molecule is CCOC(=O)COc1ccc(Br)cc1C(=N)ONC. The highest BCUT2D eigenvalue weighted by Gasteiger charge is 2.13. The zero-order valence-electron chi connectivity index (χ0n) is 10.7. The number of benzene rings is 1. The van der Waals surface area contributed by atoms with Crippen LogP contribution in [0.2, 0.25) is 0 Å². The van der Waals surface area contributed by atoms with Gasteiger partial charge in [-0.05, 0) is 25.1 Å². The van der Waals surface area contributed by atoms with Crippen molar-refractivity contribution in [3.05, 3.63) is 28.2 Å². The quantitative estimate of drug-likeness (QED) is 0.360. The highest BCUT2D eigenvalue weighted by atomic mass is 79.9. The lowest BCUT2D eigenvalue weighted by Crippen LogP contribution is -2.19. The Balaban J connectivity index is 2.82. The lowest BCUT2D eigenvalue weighted by Gasteiger charge is -2.12. The minimum atomic E-state index is -0.461. The fourth-order valence-electron chi connectivity index (χ4n) is 1.30. The summed E-state index contributed by atoms with van der Waals surface area (Å²) in [7, 11) is 1.55. The predicted octanol–water partition coefficient (Wildman–Crippen LogP) is 1.87. The summed E-state index contributed by atoms with van der Waals surface area (Å²) in [5.74, 6) is -0.198. The van der Waals surface area contributed by atoms with Crippen molar-refractivity contribution in [1.29, 1.82) is 5.41 Å². The minimum absolute atomic E-state index is 0.109. The Morgan fingerprint density at radius 1 is 1.47 bits per heavy atom. The summed E-state index contributed by atoms with van der Waals surface area (Å²) in [6.45, 7) is 1.81. The van der Waals surface area contributed by atoms with Crippen LogP contribution in [0.1, 0.15) is 12.5 Å². The van der Waals surface area contributed by atoms with Gasteiger partial charge in [-0.2, -0.15) is 5.48 Å². The molecule has 0 saturated carbocycles. The molecule has 0 heterocycles. The fourth-order valence-corrected chi connectivity index (χ4v) is 1.66. The zero-order valence-corrected chi connectivity index (χ0v) is 12.2. The number of hydrogen-bond donors (Lipinski definition) is 2. The Morgan fingerprint density at radius 2 is 2.21 bits per heavy atom. The van der Waals surface area contributed by atoms with Crippen molar-refractivity contribution in [2.24, 2.45) is 0 Å². The molecule has 0 aliphatic carbocycles. The summed E-state index contributed by atoms with van der Waals surface area (Å²) >= 11 is 3.30. The summed E-state index contributed by atoms with van der Waals surface area (Å²) in [4.78, 5) is 16.1. The first-order chi connectivity index (χ1) is 9.08. The molecule has 19 heavy (non-hydrogen) atoms. The fraction of sp³-hybridized carbons (Fsp3) is 0.333. The summed E-state index contributed by atoms with van der Waals surface area (Å²) < 4.78 is 10.9. The van der Waals surface area contributed by atoms with Crippen molar-refractivity contribution in [1.82, 2.24) is 5.48 Å². The molecule has 0 unspecified atom stereocenters. The molecule has 104 valence electrons. The van der Waals surface area contributed by atoms with Crippen LogP contribution >= 0.6 is 15.9 Å². The normalized spacial score (nSPS) is 9.84. The molecule has 0 fully saturated rings. The van der Waals surface area contributed by atoms with Gasteiger partial charge in [-0.1, -0.05) is 15.9 Å². The van der Waals surface area contributed by atoms with Gasteiger partial charge in [0.15, 0.2) is 6.61 Å². The van der Waals surface area contributed by atoms with Crippen molar-refractivity contribution in [2.45, 2.75) is 6.92 Å². The smallest absolute Gasteiger partial charge is 0.344 e. The number of nitrogens with one attached hydrogen (secondary N) is 2. The van der Waals surface area contributed by atoms with Crippen LogP contribution in [0, 0.1) is 5.41 Å². The van der Waals surface area contributed by atoms with Crippen LogP contribution < -0.4 is 10.2 Å². The molecule has 0 aromatic heterocycles. The van der Waals surface area contributed by atoms with Gasteiger partial charge in [0, 0.05) is 11.5 Å². The third-order valence-corrected chi connectivity index (χ3v) is 2.53. The summed E-state index contributed by atoms with van der Waals surface area (Å²) in [5.41, 5.74) is 2.83. The van der Waals surface area contributed by atoms with Crippen molar-refractivity contribution in [3.63, 3.8) is 0 Å². The van der Waals surface area contributed by atoms with Gasteiger partial charge in [-0.25, -0.2) is 4.79 Å². The van der Waals surface area contributed by atoms with Gasteiger partial charge in [0.05, 0.1) is 12.2 Å². The highest BCUT2D eigenvalue weighted by molar-refractivity contribution is 9.10. The van der Waals surface area contributed by atoms with Crippen molar-refractivity contribution in [3.8, 4) is 5.75 Å². The number of hydroxylamine groups is 1. The maximum Gasteiger partial charge on any atom is 0.344 e. The van der Waals surface area contributed by atoms with Gasteiger partial charge in [0.25, 0.3) is 0 Å². The van der Waals surface area contributed by atoms with Gasteiger partial charge in [-0.3, -0.25) is 5.41 Å². The third-order valence-electron chi connectivity index (χ3n) is 2.04. The summed E-state index contributed by atoms with van der Waals surface area (Å²) in [5, 5.41) is 7.73. The van der Waals surface area contributed by atoms with Crippen LogP contribution in [0.25, 0.3) is 0 Å². The molecular formula is C12H15BrN2O4. The predicted molar refractivity (Wildman–Crippen MR) is 73.2 cm³/mol. The monoisotopic (exact) mass is 330 g/mol. The van der Waals surface area contributed by atoms with Gasteiger partial charge < -0.3 is 14.3 Å². The molecule has 2 N–H and O–H groups in total. The molecule has 0 aliphatic heterocycles. The van der Waals surface area contributed by atoms with E-state index in [1.54, 1.807) is 32.2 Å². The standard InChI is InChI=1S/C12H15BrN2O4/c1-3-17-11(16)7-18-10-5-4-8(13)6-9(10)12(14)19-15-2/h4-6,14-15H,3,7H2,1-2H3. The zero-order chi connectivity index (χ0) is 14.3. The number of ether oxygens (including phenoxy) is 2. The Bertz CT molecular complexity index is 465. The van der Waals surface area contributed by atoms with E-state index < -0.39 is 5.97 Å². The Hall–Kier alpha value is -1.60. The largest absolute Gasteiger partial charge is 0.481 e. The molecule has 0 aliphatic rings. The van der Waals surface area contributed by atoms with Crippen LogP contribution in [-0.2, 0) is 14.4 Å². The topological polar surface area (TPSA) is 80.6 Å². The van der Waals surface area contributed by atoms with Gasteiger partial charge in [-0.15, -0.1) is 0 Å². The number of carbonyl (C=O) groups is 1. The summed E-state index contributed by atoms with van der Waals surface area (Å²) in [6, 6.07) is 5.06. The van der Waals surface area contributed by atoms with E-state index in [9.17, 15) is 4.79 Å². The number of halogens is 1. The molecule has 7 heteroatoms. The summed E-state index contributed by atoms with van der Waals surface area (Å²) in [6.07, 6.45) is 0. The lowest BCUT2D eigenvalue weighted by molar-refractivity contribution is -0.145. The van der Waals surface area contributed by atoms with Crippen LogP contribution in [0.4, 0.5) is 0 Å². The van der Waals surface area contributed by atoms with E-state index in [1.165, 1.54) is 0 Å². The van der Waals surface area contributed by atoms with Crippen LogP contribution in [0.5, 0.6) is 5.75 Å². The molecule has 0 atom stereocenters. The highest BCUT2D eigenvalue weighted by Crippen LogP contribution is 2.23. The number of carbonyl (C=O) groups excluding carboxylic acids is 1. The average molecular weight is 331 g/mol. The lowest BCUT2D eigenvalue weighted by atomic mass is 10.2. The molecule has 6 nitrogen and oxygen atoms in total. The average Bonchev–Trinajstić information content (AvgIpc) is 2.38. The van der Waals surface area contributed by atoms with E-state index in [1.807, 2.05) is 0 Å². The van der Waals surface area contributed by atoms with Crippen molar-refractivity contribution in [2.75, 3.05) is 20.3 Å². The molecule has 1 rings (SSSR count). The molecule has 0 amide bonds. The van der Waals surface area contributed by atoms with E-state index in [2.05, 4.69) is 21.4 Å². The molecule has 1 aromatic rings. The van der Waals surface area contributed by atoms with Crippen LogP contribution in [0.15, 0.2) is 22.7 Å². The third kappa shape index (κ3) is 4.88. The second-order valence-electron chi connectivity index (χ2n) is 3.37. The van der Waals surface area contributed by atoms with E-state index in [0.717, 1.165) is 4.47 Å². The van der Waals surface area contributed by atoms with Crippen molar-refractivity contribution >= 4 is 27.8 Å². The van der Waals surface area contributed by atoms with E-state index in [0.29, 0.717) is 17.9 Å². The first-order valence-electron chi connectivity index (χ1n) is 5.59. The first kappa shape index (κ1) is 15.5. The minimum Gasteiger partial charge on any atom is -0.481 e.